The van der Waals surface area contributed by atoms with Crippen LogP contribution in [0.2, 0.25) is 0 Å². The number of benzene rings is 10. The van der Waals surface area contributed by atoms with Gasteiger partial charge in [0.25, 0.3) is 0 Å². The quantitative estimate of drug-likeness (QED) is 0.0845. The number of nitriles is 1. The molecule has 80 heavy (non-hydrogen) atoms. The number of thioether (sulfide) groups is 2. The third kappa shape index (κ3) is 12.4. The third-order valence-electron chi connectivity index (χ3n) is 16.1. The van der Waals surface area contributed by atoms with Crippen molar-refractivity contribution in [2.24, 2.45) is 10.8 Å². The van der Waals surface area contributed by atoms with Gasteiger partial charge in [-0.1, -0.05) is 214 Å². The van der Waals surface area contributed by atoms with E-state index in [4.69, 9.17) is 12.2 Å². The Morgan fingerprint density at radius 2 is 0.637 bits per heavy atom. The van der Waals surface area contributed by atoms with Crippen molar-refractivity contribution in [3.63, 3.8) is 0 Å². The Morgan fingerprint density at radius 3 is 0.925 bits per heavy atom. The van der Waals surface area contributed by atoms with E-state index in [9.17, 15) is 5.26 Å². The Labute approximate surface area is 489 Å². The maximum absolute atomic E-state index is 10.1. The first-order valence-electron chi connectivity index (χ1n) is 27.4. The molecule has 3 nitrogen and oxygen atoms in total. The van der Waals surface area contributed by atoms with E-state index in [1.807, 2.05) is 6.26 Å². The van der Waals surface area contributed by atoms with E-state index < -0.39 is 5.41 Å². The number of anilines is 6. The normalized spacial score (nSPS) is 12.1. The van der Waals surface area contributed by atoms with Crippen molar-refractivity contribution in [1.29, 1.82) is 5.26 Å². The Balaban J connectivity index is 0.868. The van der Waals surface area contributed by atoms with Crippen molar-refractivity contribution in [3.8, 4) is 61.7 Å². The lowest BCUT2D eigenvalue weighted by Crippen LogP contribution is -2.37. The molecule has 0 saturated carbocycles. The molecule has 0 fully saturated rings. The molecule has 0 N–H and O–H groups in total. The molecule has 0 bridgehead atoms. The summed E-state index contributed by atoms with van der Waals surface area (Å²) in [5, 5.41) is 10.1. The highest BCUT2D eigenvalue weighted by Gasteiger charge is 2.43. The summed E-state index contributed by atoms with van der Waals surface area (Å²) >= 11 is 9.13. The number of thiocarbonyl (C=S) groups is 1. The van der Waals surface area contributed by atoms with E-state index in [0.717, 1.165) is 66.3 Å². The average Bonchev–Trinajstić information content (AvgIpc) is 3.54. The standard InChI is InChI=1S/C74H67N3S3/c1-72(2,73(3,4)52-75)51-70(74(5,6)80-71(78)79-7)63-29-27-57(28-30-63)55-23-25-56(26-24-55)60-35-45-65(46-36-60)76(64-21-15-10-16-22-64)66-47-37-61(38-48-66)62-39-49-69(50-40-62)77(67-41-31-58(32-42-67)53-17-11-8-12-18-53)68-43-33-59(34-44-68)54-19-13-9-14-20-54/h8-50,70H,51H2,1-7H3. The lowest BCUT2D eigenvalue weighted by Gasteiger charge is -2.44. The third-order valence-corrected chi connectivity index (χ3v) is 18.9. The fraction of sp³-hybridized carbons (Fsp3) is 0.162. The molecule has 10 aromatic carbocycles. The van der Waals surface area contributed by atoms with Crippen LogP contribution in [0.25, 0.3) is 55.6 Å². The van der Waals surface area contributed by atoms with E-state index in [1.54, 1.807) is 23.5 Å². The van der Waals surface area contributed by atoms with Gasteiger partial charge < -0.3 is 9.80 Å². The largest absolute Gasteiger partial charge is 0.311 e. The van der Waals surface area contributed by atoms with Gasteiger partial charge in [-0.25, -0.2) is 0 Å². The first kappa shape index (κ1) is 55.4. The molecule has 0 aliphatic heterocycles. The van der Waals surface area contributed by atoms with Gasteiger partial charge in [0.15, 0.2) is 0 Å². The molecule has 10 aromatic rings. The fourth-order valence-corrected chi connectivity index (χ4v) is 12.9. The van der Waals surface area contributed by atoms with Crippen LogP contribution in [0, 0.1) is 22.2 Å². The summed E-state index contributed by atoms with van der Waals surface area (Å²) in [6.45, 7) is 13.2. The first-order chi connectivity index (χ1) is 38.7. The van der Waals surface area contributed by atoms with Gasteiger partial charge in [-0.15, -0.1) is 23.5 Å². The van der Waals surface area contributed by atoms with E-state index in [0.29, 0.717) is 0 Å². The van der Waals surface area contributed by atoms with Crippen LogP contribution < -0.4 is 9.80 Å². The molecule has 1 unspecified atom stereocenters. The molecule has 1 atom stereocenters. The summed E-state index contributed by atoms with van der Waals surface area (Å²) in [4.78, 5) is 4.65. The highest BCUT2D eigenvalue weighted by Crippen LogP contribution is 2.52. The van der Waals surface area contributed by atoms with Gasteiger partial charge in [-0.2, -0.15) is 5.26 Å². The van der Waals surface area contributed by atoms with Crippen molar-refractivity contribution in [2.45, 2.75) is 58.6 Å². The van der Waals surface area contributed by atoms with Crippen LogP contribution in [0.3, 0.4) is 0 Å². The van der Waals surface area contributed by atoms with Crippen molar-refractivity contribution >= 4 is 73.4 Å². The Bertz CT molecular complexity index is 3600. The first-order valence-corrected chi connectivity index (χ1v) is 29.8. The fourth-order valence-electron chi connectivity index (χ4n) is 10.5. The number of hydrogen-bond acceptors (Lipinski definition) is 6. The van der Waals surface area contributed by atoms with Gasteiger partial charge in [0, 0.05) is 38.9 Å². The maximum atomic E-state index is 10.1. The smallest absolute Gasteiger partial charge is 0.104 e. The van der Waals surface area contributed by atoms with Crippen LogP contribution in [0.4, 0.5) is 34.1 Å². The number of nitrogens with zero attached hydrogens (tertiary/aromatic N) is 3. The molecule has 0 aromatic heterocycles. The van der Waals surface area contributed by atoms with Crippen LogP contribution >= 0.6 is 35.7 Å². The summed E-state index contributed by atoms with van der Waals surface area (Å²) in [5.41, 5.74) is 18.8. The topological polar surface area (TPSA) is 30.3 Å². The van der Waals surface area contributed by atoms with Crippen molar-refractivity contribution < 1.29 is 0 Å². The SMILES string of the molecule is CSC(=S)SC(C)(C)C(CC(C)(C)C(C)(C)C#N)c1ccc(-c2ccc(-c3ccc(N(c4ccccc4)c4ccc(-c5ccc(N(c6ccc(-c7ccccc7)cc6)c6ccc(-c7ccccc7)cc6)cc5)cc4)cc3)cc2)cc1. The van der Waals surface area contributed by atoms with E-state index >= 15 is 0 Å². The number of para-hydroxylation sites is 1. The minimum atomic E-state index is -0.486. The predicted molar refractivity (Wildman–Crippen MR) is 351 cm³/mol. The van der Waals surface area contributed by atoms with Gasteiger partial charge in [-0.05, 0) is 186 Å². The summed E-state index contributed by atoms with van der Waals surface area (Å²) in [7, 11) is 0. The molecular formula is C74H67N3S3. The summed E-state index contributed by atoms with van der Waals surface area (Å²) in [6, 6.07) is 96.6. The molecular weight excluding hydrogens is 1030 g/mol. The molecule has 6 heteroatoms. The highest BCUT2D eigenvalue weighted by atomic mass is 32.2. The van der Waals surface area contributed by atoms with Crippen LogP contribution in [0.5, 0.6) is 0 Å². The molecule has 396 valence electrons. The van der Waals surface area contributed by atoms with Gasteiger partial charge in [0.2, 0.25) is 0 Å². The average molecular weight is 1090 g/mol. The van der Waals surface area contributed by atoms with Gasteiger partial charge in [0.1, 0.15) is 3.53 Å². The Morgan fingerprint density at radius 1 is 0.388 bits per heavy atom. The molecule has 0 spiro atoms. The van der Waals surface area contributed by atoms with Crippen LogP contribution in [0.15, 0.2) is 261 Å². The van der Waals surface area contributed by atoms with E-state index in [1.165, 1.54) is 38.9 Å². The van der Waals surface area contributed by atoms with Crippen LogP contribution in [-0.4, -0.2) is 14.5 Å². The maximum Gasteiger partial charge on any atom is 0.104 e. The zero-order chi connectivity index (χ0) is 55.9. The minimum absolute atomic E-state index is 0.167. The van der Waals surface area contributed by atoms with E-state index in [-0.39, 0.29) is 16.1 Å². The summed E-state index contributed by atoms with van der Waals surface area (Å²) < 4.78 is 0.772. The van der Waals surface area contributed by atoms with Crippen molar-refractivity contribution in [1.82, 2.24) is 0 Å². The van der Waals surface area contributed by atoms with Crippen LogP contribution in [-0.2, 0) is 0 Å². The van der Waals surface area contributed by atoms with E-state index in [2.05, 4.69) is 318 Å². The van der Waals surface area contributed by atoms with Gasteiger partial charge in [-0.3, -0.25) is 0 Å². The number of hydrogen-bond donors (Lipinski definition) is 0. The molecule has 0 amide bonds. The van der Waals surface area contributed by atoms with Gasteiger partial charge in [0.05, 0.1) is 11.5 Å². The monoisotopic (exact) mass is 1090 g/mol. The predicted octanol–water partition coefficient (Wildman–Crippen LogP) is 22.2. The second kappa shape index (κ2) is 24.2. The lowest BCUT2D eigenvalue weighted by atomic mass is 9.62. The van der Waals surface area contributed by atoms with Gasteiger partial charge >= 0.3 is 0 Å². The molecule has 10 rings (SSSR count). The Hall–Kier alpha value is -7.92. The summed E-state index contributed by atoms with van der Waals surface area (Å²) in [5.74, 6) is 0.185. The number of rotatable bonds is 17. The lowest BCUT2D eigenvalue weighted by molar-refractivity contribution is 0.140. The molecule has 0 heterocycles. The van der Waals surface area contributed by atoms with Crippen LogP contribution in [0.1, 0.15) is 59.4 Å². The zero-order valence-electron chi connectivity index (χ0n) is 46.7. The highest BCUT2D eigenvalue weighted by molar-refractivity contribution is 8.47. The minimum Gasteiger partial charge on any atom is -0.311 e. The second-order valence-corrected chi connectivity index (χ2v) is 25.9. The molecule has 0 aliphatic carbocycles. The Kier molecular flexibility index (Phi) is 16.8. The molecule has 0 aliphatic rings. The van der Waals surface area contributed by atoms with Crippen molar-refractivity contribution in [2.75, 3.05) is 16.1 Å². The molecule has 0 radical (unpaired) electrons. The summed E-state index contributed by atoms with van der Waals surface area (Å²) in [6.07, 6.45) is 2.91. The van der Waals surface area contributed by atoms with Crippen molar-refractivity contribution in [3.05, 3.63) is 266 Å². The molecule has 0 saturated heterocycles. The second-order valence-electron chi connectivity index (χ2n) is 22.2. The zero-order valence-corrected chi connectivity index (χ0v) is 49.1.